The van der Waals surface area contributed by atoms with E-state index in [1.165, 1.54) is 0 Å². The van der Waals surface area contributed by atoms with Crippen LogP contribution in [-0.2, 0) is 0 Å². The van der Waals surface area contributed by atoms with Gasteiger partial charge in [0, 0.05) is 17.6 Å². The third-order valence-electron chi connectivity index (χ3n) is 1.12. The van der Waals surface area contributed by atoms with E-state index in [-0.39, 0.29) is 0 Å². The first-order valence-corrected chi connectivity index (χ1v) is 3.94. The van der Waals surface area contributed by atoms with Crippen molar-refractivity contribution < 1.29 is 0 Å². The molecule has 0 saturated heterocycles. The van der Waals surface area contributed by atoms with Gasteiger partial charge in [-0.3, -0.25) is 4.99 Å². The van der Waals surface area contributed by atoms with Gasteiger partial charge in [-0.05, 0) is 0 Å². The van der Waals surface area contributed by atoms with Gasteiger partial charge >= 0.3 is 0 Å². The molecule has 0 spiro atoms. The molecule has 1 rings (SSSR count). The minimum atomic E-state index is 0.728. The van der Waals surface area contributed by atoms with E-state index in [0.717, 1.165) is 30.1 Å². The topological polar surface area (TPSA) is 36.4 Å². The molecule has 1 heterocycles. The molecule has 0 aliphatic carbocycles. The van der Waals surface area contributed by atoms with Crippen LogP contribution in [0.3, 0.4) is 0 Å². The Balaban J connectivity index is 2.19. The Kier molecular flexibility index (Phi) is 2.74. The highest BCUT2D eigenvalue weighted by Crippen LogP contribution is 1.96. The Bertz CT molecular complexity index is 164. The lowest BCUT2D eigenvalue weighted by molar-refractivity contribution is 0.922. The Labute approximate surface area is 68.7 Å². The maximum absolute atomic E-state index is 4.14. The van der Waals surface area contributed by atoms with E-state index >= 15 is 0 Å². The Morgan fingerprint density at radius 3 is 3.20 bits per heavy atom. The van der Waals surface area contributed by atoms with E-state index in [0.29, 0.717) is 0 Å². The van der Waals surface area contributed by atoms with Crippen LogP contribution in [-0.4, -0.2) is 25.6 Å². The molecule has 10 heavy (non-hydrogen) atoms. The zero-order valence-electron chi connectivity index (χ0n) is 5.65. The maximum atomic E-state index is 4.14. The second-order valence-corrected chi connectivity index (χ2v) is 3.15. The number of nitrogens with zero attached hydrogens (tertiary/aromatic N) is 1. The van der Waals surface area contributed by atoms with E-state index in [9.17, 15) is 0 Å². The molecule has 0 bridgehead atoms. The lowest BCUT2D eigenvalue weighted by Crippen LogP contribution is -2.34. The van der Waals surface area contributed by atoms with Gasteiger partial charge in [0.2, 0.25) is 0 Å². The number of guanidine groups is 1. The number of halogens is 1. The Hall–Kier alpha value is -0.510. The lowest BCUT2D eigenvalue weighted by atomic mass is 10.6. The molecule has 0 saturated carbocycles. The smallest absolute Gasteiger partial charge is 0.191 e. The molecule has 1 aliphatic heterocycles. The fourth-order valence-electron chi connectivity index (χ4n) is 0.696. The number of rotatable bonds is 2. The molecule has 56 valence electrons. The van der Waals surface area contributed by atoms with Gasteiger partial charge in [0.1, 0.15) is 0 Å². The summed E-state index contributed by atoms with van der Waals surface area (Å²) in [7, 11) is 0. The van der Waals surface area contributed by atoms with Crippen LogP contribution in [0.15, 0.2) is 16.1 Å². The highest BCUT2D eigenvalue weighted by Gasteiger charge is 2.01. The van der Waals surface area contributed by atoms with E-state index in [1.54, 1.807) is 0 Å². The molecule has 0 fully saturated rings. The number of hydrogen-bond donors (Lipinski definition) is 2. The summed E-state index contributed by atoms with van der Waals surface area (Å²) in [5.41, 5.74) is 0. The number of nitrogens with one attached hydrogen (secondary N) is 2. The monoisotopic (exact) mass is 203 g/mol. The standard InChI is InChI=1S/C6H10BrN3/c1-5(7)4-10-6-8-2-3-9-6/h1-4H2,(H2,8,9,10). The fourth-order valence-corrected chi connectivity index (χ4v) is 0.836. The summed E-state index contributed by atoms with van der Waals surface area (Å²) < 4.78 is 0.934. The van der Waals surface area contributed by atoms with Crippen molar-refractivity contribution >= 4 is 21.9 Å². The lowest BCUT2D eigenvalue weighted by Gasteiger charge is -2.03. The highest BCUT2D eigenvalue weighted by molar-refractivity contribution is 9.11. The largest absolute Gasteiger partial charge is 0.355 e. The summed E-state index contributed by atoms with van der Waals surface area (Å²) in [6, 6.07) is 0. The molecular formula is C6H10BrN3. The minimum Gasteiger partial charge on any atom is -0.355 e. The summed E-state index contributed by atoms with van der Waals surface area (Å²) in [5, 5.41) is 6.16. The first-order valence-electron chi connectivity index (χ1n) is 3.14. The van der Waals surface area contributed by atoms with Crippen molar-refractivity contribution in [2.75, 3.05) is 19.6 Å². The van der Waals surface area contributed by atoms with Crippen LogP contribution in [0.1, 0.15) is 0 Å². The molecule has 0 aromatic carbocycles. The third-order valence-corrected chi connectivity index (χ3v) is 1.40. The molecule has 0 aromatic rings. The van der Waals surface area contributed by atoms with Crippen molar-refractivity contribution in [3.8, 4) is 0 Å². The number of aliphatic imine (C=N–C) groups is 1. The van der Waals surface area contributed by atoms with Gasteiger partial charge in [-0.15, -0.1) is 0 Å². The quantitative estimate of drug-likeness (QED) is 0.684. The van der Waals surface area contributed by atoms with Crippen molar-refractivity contribution in [3.05, 3.63) is 11.1 Å². The minimum absolute atomic E-state index is 0.728. The molecule has 0 atom stereocenters. The molecule has 4 heteroatoms. The van der Waals surface area contributed by atoms with Crippen LogP contribution in [0.4, 0.5) is 0 Å². The molecule has 0 unspecified atom stereocenters. The van der Waals surface area contributed by atoms with E-state index in [1.807, 2.05) is 0 Å². The molecule has 0 radical (unpaired) electrons. The van der Waals surface area contributed by atoms with E-state index < -0.39 is 0 Å². The Morgan fingerprint density at radius 2 is 2.70 bits per heavy atom. The summed E-state index contributed by atoms with van der Waals surface area (Å²) in [6.45, 7) is 6.23. The van der Waals surface area contributed by atoms with Gasteiger partial charge in [-0.25, -0.2) is 0 Å². The Morgan fingerprint density at radius 1 is 1.90 bits per heavy atom. The van der Waals surface area contributed by atoms with Gasteiger partial charge in [0.05, 0.1) is 6.54 Å². The number of hydrogen-bond acceptors (Lipinski definition) is 3. The molecule has 2 N–H and O–H groups in total. The van der Waals surface area contributed by atoms with Gasteiger partial charge in [0.25, 0.3) is 0 Å². The fraction of sp³-hybridized carbons (Fsp3) is 0.500. The average Bonchev–Trinajstić information content (AvgIpc) is 2.34. The summed E-state index contributed by atoms with van der Waals surface area (Å²) in [6.07, 6.45) is 0. The highest BCUT2D eigenvalue weighted by atomic mass is 79.9. The van der Waals surface area contributed by atoms with Crippen LogP contribution in [0, 0.1) is 0 Å². The molecule has 0 amide bonds. The summed E-state index contributed by atoms with van der Waals surface area (Å²) >= 11 is 3.24. The first kappa shape index (κ1) is 7.60. The first-order chi connectivity index (χ1) is 4.79. The zero-order valence-corrected chi connectivity index (χ0v) is 7.24. The van der Waals surface area contributed by atoms with E-state index in [4.69, 9.17) is 0 Å². The SMILES string of the molecule is C=C(Br)CNC1=NCCN1. The third kappa shape index (κ3) is 2.39. The van der Waals surface area contributed by atoms with E-state index in [2.05, 4.69) is 38.1 Å². The molecule has 1 aliphatic rings. The van der Waals surface area contributed by atoms with Gasteiger partial charge in [-0.1, -0.05) is 22.5 Å². The van der Waals surface area contributed by atoms with Gasteiger partial charge < -0.3 is 10.6 Å². The molecule has 3 nitrogen and oxygen atoms in total. The van der Waals surface area contributed by atoms with Crippen molar-refractivity contribution in [2.24, 2.45) is 4.99 Å². The van der Waals surface area contributed by atoms with Crippen molar-refractivity contribution in [2.45, 2.75) is 0 Å². The molecular weight excluding hydrogens is 194 g/mol. The maximum Gasteiger partial charge on any atom is 0.191 e. The second-order valence-electron chi connectivity index (χ2n) is 2.03. The predicted molar refractivity (Wildman–Crippen MR) is 46.4 cm³/mol. The van der Waals surface area contributed by atoms with Crippen LogP contribution in [0.2, 0.25) is 0 Å². The molecule has 0 aromatic heterocycles. The normalized spacial score (nSPS) is 15.9. The van der Waals surface area contributed by atoms with Gasteiger partial charge in [-0.2, -0.15) is 0 Å². The van der Waals surface area contributed by atoms with Crippen LogP contribution < -0.4 is 10.6 Å². The average molecular weight is 204 g/mol. The zero-order chi connectivity index (χ0) is 7.40. The van der Waals surface area contributed by atoms with Crippen LogP contribution >= 0.6 is 15.9 Å². The van der Waals surface area contributed by atoms with Crippen molar-refractivity contribution in [1.82, 2.24) is 10.6 Å². The summed E-state index contributed by atoms with van der Waals surface area (Å²) in [4.78, 5) is 4.14. The predicted octanol–water partition coefficient (Wildman–Crippen LogP) is 0.444. The van der Waals surface area contributed by atoms with Crippen molar-refractivity contribution in [1.29, 1.82) is 0 Å². The summed E-state index contributed by atoms with van der Waals surface area (Å²) in [5.74, 6) is 0.876. The second kappa shape index (κ2) is 3.61. The van der Waals surface area contributed by atoms with Gasteiger partial charge in [0.15, 0.2) is 5.96 Å². The van der Waals surface area contributed by atoms with Crippen LogP contribution in [0.25, 0.3) is 0 Å². The van der Waals surface area contributed by atoms with Crippen LogP contribution in [0.5, 0.6) is 0 Å². The van der Waals surface area contributed by atoms with Crippen molar-refractivity contribution in [3.63, 3.8) is 0 Å².